The van der Waals surface area contributed by atoms with Gasteiger partial charge < -0.3 is 9.84 Å². The largest absolute Gasteiger partial charge is 0.451 e. The molecule has 0 aliphatic carbocycles. The van der Waals surface area contributed by atoms with Crippen LogP contribution in [0.5, 0.6) is 0 Å². The number of hydrogen-bond acceptors (Lipinski definition) is 4. The minimum Gasteiger partial charge on any atom is -0.451 e. The fourth-order valence-electron chi connectivity index (χ4n) is 1.09. The van der Waals surface area contributed by atoms with Crippen molar-refractivity contribution in [1.82, 2.24) is 10.2 Å². The zero-order valence-corrected chi connectivity index (χ0v) is 7.53. The van der Waals surface area contributed by atoms with Gasteiger partial charge in [0.15, 0.2) is 0 Å². The van der Waals surface area contributed by atoms with Gasteiger partial charge in [-0.3, -0.25) is 9.69 Å². The molecular formula is C6H13N2O2P. The van der Waals surface area contributed by atoms with Crippen LogP contribution in [0, 0.1) is 0 Å². The lowest BCUT2D eigenvalue weighted by atomic mass is 10.3. The molecule has 64 valence electrons. The number of rotatable bonds is 2. The predicted octanol–water partition coefficient (Wildman–Crippen LogP) is -0.775. The molecule has 5 heteroatoms. The van der Waals surface area contributed by atoms with Crippen molar-refractivity contribution in [3.63, 3.8) is 0 Å². The Labute approximate surface area is 68.6 Å². The van der Waals surface area contributed by atoms with Crippen LogP contribution in [0.15, 0.2) is 0 Å². The topological polar surface area (TPSA) is 41.6 Å². The predicted molar refractivity (Wildman–Crippen MR) is 45.1 cm³/mol. The van der Waals surface area contributed by atoms with Crippen LogP contribution in [-0.2, 0) is 9.32 Å². The second-order valence-corrected chi connectivity index (χ2v) is 2.75. The Morgan fingerprint density at radius 2 is 2.18 bits per heavy atom. The van der Waals surface area contributed by atoms with Crippen LogP contribution in [0.2, 0.25) is 0 Å². The van der Waals surface area contributed by atoms with Gasteiger partial charge in [-0.2, -0.15) is 0 Å². The summed E-state index contributed by atoms with van der Waals surface area (Å²) in [7, 11) is 1.97. The van der Waals surface area contributed by atoms with E-state index in [1.54, 1.807) is 0 Å². The number of nitrogens with one attached hydrogen (secondary N) is 1. The van der Waals surface area contributed by atoms with Gasteiger partial charge in [-0.1, -0.05) is 0 Å². The fourth-order valence-corrected chi connectivity index (χ4v) is 1.16. The molecule has 0 radical (unpaired) electrons. The van der Waals surface area contributed by atoms with Crippen molar-refractivity contribution in [3.8, 4) is 0 Å². The van der Waals surface area contributed by atoms with E-state index in [9.17, 15) is 4.79 Å². The number of carbonyl (C=O) groups is 1. The molecule has 0 saturated carbocycles. The van der Waals surface area contributed by atoms with Gasteiger partial charge in [0.25, 0.3) is 0 Å². The number of carbonyl (C=O) groups excluding carboxylic acids is 1. The first-order chi connectivity index (χ1) is 5.33. The van der Waals surface area contributed by atoms with E-state index in [2.05, 4.69) is 14.7 Å². The zero-order chi connectivity index (χ0) is 8.10. The molecule has 1 unspecified atom stereocenters. The third-order valence-corrected chi connectivity index (χ3v) is 1.96. The smallest absolute Gasteiger partial charge is 0.322 e. The summed E-state index contributed by atoms with van der Waals surface area (Å²) in [5.74, 6) is -0.183. The van der Waals surface area contributed by atoms with Crippen molar-refractivity contribution in [3.05, 3.63) is 0 Å². The summed E-state index contributed by atoms with van der Waals surface area (Å²) in [6.45, 7) is 4.19. The highest BCUT2D eigenvalue weighted by molar-refractivity contribution is 7.10. The van der Waals surface area contributed by atoms with Crippen LogP contribution in [0.25, 0.3) is 0 Å². The maximum absolute atomic E-state index is 10.8. The molecule has 0 bridgehead atoms. The quantitative estimate of drug-likeness (QED) is 0.561. The van der Waals surface area contributed by atoms with Crippen LogP contribution in [0.4, 0.5) is 0 Å². The lowest BCUT2D eigenvalue weighted by molar-refractivity contribution is -0.134. The third-order valence-electron chi connectivity index (χ3n) is 1.69. The van der Waals surface area contributed by atoms with Crippen LogP contribution >= 0.6 is 9.47 Å². The van der Waals surface area contributed by atoms with Crippen molar-refractivity contribution < 1.29 is 9.32 Å². The Morgan fingerprint density at radius 3 is 2.73 bits per heavy atom. The van der Waals surface area contributed by atoms with E-state index in [0.29, 0.717) is 6.54 Å². The summed E-state index contributed by atoms with van der Waals surface area (Å²) in [5.41, 5.74) is 0. The second-order valence-electron chi connectivity index (χ2n) is 2.52. The van der Waals surface area contributed by atoms with Crippen molar-refractivity contribution in [2.24, 2.45) is 0 Å². The average molecular weight is 176 g/mol. The van der Waals surface area contributed by atoms with E-state index in [0.717, 1.165) is 26.2 Å². The Bertz CT molecular complexity index is 137. The first kappa shape index (κ1) is 8.91. The molecule has 11 heavy (non-hydrogen) atoms. The summed E-state index contributed by atoms with van der Waals surface area (Å²) in [6.07, 6.45) is 0. The molecule has 1 fully saturated rings. The van der Waals surface area contributed by atoms with Gasteiger partial charge >= 0.3 is 5.97 Å². The highest BCUT2D eigenvalue weighted by atomic mass is 31.0. The fraction of sp³-hybridized carbons (Fsp3) is 0.833. The van der Waals surface area contributed by atoms with Crippen molar-refractivity contribution in [2.75, 3.05) is 32.7 Å². The molecule has 1 atom stereocenters. The van der Waals surface area contributed by atoms with Gasteiger partial charge in [0, 0.05) is 26.2 Å². The normalized spacial score (nSPS) is 19.7. The summed E-state index contributed by atoms with van der Waals surface area (Å²) in [6, 6.07) is 0. The Hall–Kier alpha value is -0.180. The summed E-state index contributed by atoms with van der Waals surface area (Å²) >= 11 is 0. The van der Waals surface area contributed by atoms with Gasteiger partial charge in [0.2, 0.25) is 0 Å². The first-order valence-corrected chi connectivity index (χ1v) is 4.12. The monoisotopic (exact) mass is 176 g/mol. The van der Waals surface area contributed by atoms with Crippen molar-refractivity contribution >= 4 is 15.4 Å². The van der Waals surface area contributed by atoms with Crippen LogP contribution in [0.1, 0.15) is 0 Å². The van der Waals surface area contributed by atoms with Crippen molar-refractivity contribution in [2.45, 2.75) is 0 Å². The summed E-state index contributed by atoms with van der Waals surface area (Å²) in [4.78, 5) is 12.8. The van der Waals surface area contributed by atoms with Gasteiger partial charge in [0.05, 0.1) is 16.0 Å². The van der Waals surface area contributed by atoms with Crippen LogP contribution < -0.4 is 5.32 Å². The first-order valence-electron chi connectivity index (χ1n) is 3.65. The zero-order valence-electron chi connectivity index (χ0n) is 6.38. The van der Waals surface area contributed by atoms with Crippen LogP contribution in [-0.4, -0.2) is 43.6 Å². The van der Waals surface area contributed by atoms with Gasteiger partial charge in [-0.15, -0.1) is 0 Å². The second kappa shape index (κ2) is 4.65. The van der Waals surface area contributed by atoms with Gasteiger partial charge in [-0.05, 0) is 0 Å². The highest BCUT2D eigenvalue weighted by Crippen LogP contribution is 1.94. The number of hydrogen-bond donors (Lipinski definition) is 1. The van der Waals surface area contributed by atoms with E-state index in [-0.39, 0.29) is 5.97 Å². The molecule has 0 amide bonds. The molecule has 1 heterocycles. The average Bonchev–Trinajstić information content (AvgIpc) is 2.06. The van der Waals surface area contributed by atoms with Gasteiger partial charge in [0.1, 0.15) is 0 Å². The molecule has 0 aromatic carbocycles. The maximum atomic E-state index is 10.8. The Balaban J connectivity index is 2.19. The minimum atomic E-state index is -0.183. The maximum Gasteiger partial charge on any atom is 0.322 e. The SMILES string of the molecule is O=C(CN1CCNCC1)OP. The van der Waals surface area contributed by atoms with E-state index in [1.165, 1.54) is 0 Å². The summed E-state index contributed by atoms with van der Waals surface area (Å²) < 4.78 is 4.47. The summed E-state index contributed by atoms with van der Waals surface area (Å²) in [5, 5.41) is 3.21. The van der Waals surface area contributed by atoms with Crippen molar-refractivity contribution in [1.29, 1.82) is 0 Å². The highest BCUT2D eigenvalue weighted by Gasteiger charge is 2.12. The molecule has 4 nitrogen and oxygen atoms in total. The minimum absolute atomic E-state index is 0.183. The standard InChI is InChI=1S/C6H13N2O2P/c9-6(10-11)5-8-3-1-7-2-4-8/h7H,1-5,11H2. The number of nitrogens with zero attached hydrogens (tertiary/aromatic N) is 1. The third kappa shape index (κ3) is 3.14. The molecule has 1 aliphatic heterocycles. The molecule has 1 saturated heterocycles. The Morgan fingerprint density at radius 1 is 1.55 bits per heavy atom. The molecule has 0 spiro atoms. The van der Waals surface area contributed by atoms with E-state index < -0.39 is 0 Å². The molecule has 1 N–H and O–H groups in total. The van der Waals surface area contributed by atoms with E-state index in [1.807, 2.05) is 9.47 Å². The van der Waals surface area contributed by atoms with Gasteiger partial charge in [-0.25, -0.2) is 0 Å². The van der Waals surface area contributed by atoms with E-state index >= 15 is 0 Å². The van der Waals surface area contributed by atoms with Crippen LogP contribution in [0.3, 0.4) is 0 Å². The molecule has 0 aromatic heterocycles. The lowest BCUT2D eigenvalue weighted by Gasteiger charge is -2.25. The van der Waals surface area contributed by atoms with E-state index in [4.69, 9.17) is 0 Å². The molecule has 1 aliphatic rings. The Kier molecular flexibility index (Phi) is 3.77. The number of piperazine rings is 1. The molecular weight excluding hydrogens is 163 g/mol. The molecule has 0 aromatic rings. The molecule has 1 rings (SSSR count). The lowest BCUT2D eigenvalue weighted by Crippen LogP contribution is -2.45.